The number of pyridine rings is 2. The zero-order chi connectivity index (χ0) is 23.6. The third kappa shape index (κ3) is 9.85. The van der Waals surface area contributed by atoms with Gasteiger partial charge < -0.3 is 19.9 Å². The Kier molecular flexibility index (Phi) is 10.3. The molecule has 3 aromatic rings. The molecule has 0 saturated carbocycles. The summed E-state index contributed by atoms with van der Waals surface area (Å²) in [6.07, 6.45) is 2.50. The highest BCUT2D eigenvalue weighted by Gasteiger charge is 2.05. The molecule has 0 atom stereocenters. The van der Waals surface area contributed by atoms with E-state index in [9.17, 15) is 9.59 Å². The Morgan fingerprint density at radius 2 is 1.39 bits per heavy atom. The lowest BCUT2D eigenvalue weighted by Crippen LogP contribution is -2.02. The average Bonchev–Trinajstić information content (AvgIpc) is 2.98. The molecule has 0 aliphatic heterocycles. The molecule has 0 aliphatic rings. The zero-order valence-corrected chi connectivity index (χ0v) is 19.7. The molecule has 0 aliphatic carbocycles. The molecular weight excluding hydrogens is 388 g/mol. The molecule has 0 unspecified atom stereocenters. The van der Waals surface area contributed by atoms with Gasteiger partial charge in [0, 0.05) is 36.1 Å². The van der Waals surface area contributed by atoms with Crippen LogP contribution in [0.4, 0.5) is 5.82 Å². The van der Waals surface area contributed by atoms with Crippen molar-refractivity contribution in [2.45, 2.75) is 61.3 Å². The van der Waals surface area contributed by atoms with Crippen molar-refractivity contribution in [2.75, 3.05) is 5.73 Å². The number of aromatic nitrogens is 3. The second-order valence-corrected chi connectivity index (χ2v) is 7.76. The Morgan fingerprint density at radius 1 is 0.839 bits per heavy atom. The van der Waals surface area contributed by atoms with Crippen molar-refractivity contribution in [3.63, 3.8) is 0 Å². The van der Waals surface area contributed by atoms with E-state index in [1.807, 2.05) is 26.0 Å². The van der Waals surface area contributed by atoms with Gasteiger partial charge in [0.1, 0.15) is 23.2 Å². The molecule has 0 bridgehead atoms. The normalized spacial score (nSPS) is 9.77. The van der Waals surface area contributed by atoms with E-state index in [-0.39, 0.29) is 11.6 Å². The smallest absolute Gasteiger partial charge is 0.137 e. The van der Waals surface area contributed by atoms with Gasteiger partial charge in [-0.3, -0.25) is 0 Å². The van der Waals surface area contributed by atoms with Gasteiger partial charge in [0.25, 0.3) is 0 Å². The fourth-order valence-electron chi connectivity index (χ4n) is 2.88. The summed E-state index contributed by atoms with van der Waals surface area (Å²) in [6.45, 7) is 13.3. The standard InChI is InChI=1S/C13H16N2.C6H8N2.C6H10O2/c1-9-7-10(2)14-13(8-9)15-11(3)5-6-12(15)4;1-5-2-3-8-6(7)4-5;1-5(7)3-4-6(2)8/h5-8H,1-4H3;2-4H,1H3,(H2,7,8);3-4H2,1-2H3. The number of carbonyl (C=O) groups excluding carboxylic acids is 2. The molecule has 0 radical (unpaired) electrons. The minimum absolute atomic E-state index is 0.0835. The van der Waals surface area contributed by atoms with Gasteiger partial charge in [-0.2, -0.15) is 0 Å². The van der Waals surface area contributed by atoms with E-state index >= 15 is 0 Å². The second-order valence-electron chi connectivity index (χ2n) is 7.76. The molecule has 0 saturated heterocycles. The minimum atomic E-state index is 0.0835. The Morgan fingerprint density at radius 3 is 1.77 bits per heavy atom. The lowest BCUT2D eigenvalue weighted by molar-refractivity contribution is -0.122. The van der Waals surface area contributed by atoms with Crippen LogP contribution in [0.15, 0.2) is 42.6 Å². The fourth-order valence-corrected chi connectivity index (χ4v) is 2.88. The van der Waals surface area contributed by atoms with Gasteiger partial charge in [-0.25, -0.2) is 9.97 Å². The number of hydrogen-bond donors (Lipinski definition) is 1. The van der Waals surface area contributed by atoms with Crippen LogP contribution in [-0.4, -0.2) is 26.1 Å². The number of aryl methyl sites for hydroxylation is 5. The van der Waals surface area contributed by atoms with Crippen LogP contribution >= 0.6 is 0 Å². The van der Waals surface area contributed by atoms with E-state index in [0.717, 1.165) is 17.1 Å². The van der Waals surface area contributed by atoms with Crippen LogP contribution in [0.2, 0.25) is 0 Å². The monoisotopic (exact) mass is 422 g/mol. The number of nitrogens with two attached hydrogens (primary N) is 1. The summed E-state index contributed by atoms with van der Waals surface area (Å²) in [7, 11) is 0. The number of rotatable bonds is 4. The molecule has 31 heavy (non-hydrogen) atoms. The number of ketones is 2. The van der Waals surface area contributed by atoms with Crippen LogP contribution < -0.4 is 5.73 Å². The molecule has 0 amide bonds. The van der Waals surface area contributed by atoms with E-state index in [2.05, 4.69) is 59.6 Å². The molecule has 166 valence electrons. The first-order chi connectivity index (χ1) is 14.5. The molecule has 3 aromatic heterocycles. The number of carbonyl (C=O) groups is 2. The molecule has 3 heterocycles. The molecule has 0 aromatic carbocycles. The highest BCUT2D eigenvalue weighted by Crippen LogP contribution is 2.16. The van der Waals surface area contributed by atoms with Gasteiger partial charge in [0.05, 0.1) is 0 Å². The lowest BCUT2D eigenvalue weighted by atomic mass is 10.2. The maximum absolute atomic E-state index is 10.2. The van der Waals surface area contributed by atoms with Crippen molar-refractivity contribution in [3.05, 3.63) is 70.8 Å². The zero-order valence-electron chi connectivity index (χ0n) is 19.7. The topological polar surface area (TPSA) is 90.9 Å². The highest BCUT2D eigenvalue weighted by atomic mass is 16.1. The Bertz CT molecular complexity index is 951. The summed E-state index contributed by atoms with van der Waals surface area (Å²) in [4.78, 5) is 28.8. The Balaban J connectivity index is 0.000000256. The number of hydrogen-bond acceptors (Lipinski definition) is 5. The highest BCUT2D eigenvalue weighted by molar-refractivity contribution is 5.83. The van der Waals surface area contributed by atoms with E-state index in [4.69, 9.17) is 5.73 Å². The van der Waals surface area contributed by atoms with Crippen LogP contribution in [0.1, 0.15) is 54.9 Å². The summed E-state index contributed by atoms with van der Waals surface area (Å²) >= 11 is 0. The van der Waals surface area contributed by atoms with Gasteiger partial charge in [-0.15, -0.1) is 0 Å². The molecule has 6 nitrogen and oxygen atoms in total. The number of nitrogen functional groups attached to an aromatic ring is 1. The van der Waals surface area contributed by atoms with Crippen LogP contribution in [0, 0.1) is 34.6 Å². The van der Waals surface area contributed by atoms with Gasteiger partial charge in [-0.1, -0.05) is 0 Å². The van der Waals surface area contributed by atoms with Gasteiger partial charge in [-0.05, 0) is 96.0 Å². The number of nitrogens with zero attached hydrogens (tertiary/aromatic N) is 3. The van der Waals surface area contributed by atoms with E-state index in [0.29, 0.717) is 18.7 Å². The van der Waals surface area contributed by atoms with Gasteiger partial charge >= 0.3 is 0 Å². The molecule has 6 heteroatoms. The first-order valence-corrected chi connectivity index (χ1v) is 10.3. The number of Topliss-reactive ketones (excluding diaryl/α,β-unsaturated/α-hetero) is 2. The Hall–Kier alpha value is -3.28. The first-order valence-electron chi connectivity index (χ1n) is 10.3. The average molecular weight is 423 g/mol. The second kappa shape index (κ2) is 12.4. The maximum Gasteiger partial charge on any atom is 0.137 e. The maximum atomic E-state index is 10.2. The van der Waals surface area contributed by atoms with Crippen LogP contribution in [0.5, 0.6) is 0 Å². The predicted octanol–water partition coefficient (Wildman–Crippen LogP) is 5.02. The summed E-state index contributed by atoms with van der Waals surface area (Å²) < 4.78 is 2.18. The third-order valence-electron chi connectivity index (χ3n) is 4.35. The number of anilines is 1. The van der Waals surface area contributed by atoms with E-state index in [1.54, 1.807) is 6.20 Å². The molecular formula is C25H34N4O2. The van der Waals surface area contributed by atoms with Crippen molar-refractivity contribution >= 4 is 17.4 Å². The summed E-state index contributed by atoms with van der Waals surface area (Å²) in [5.74, 6) is 1.78. The largest absolute Gasteiger partial charge is 0.384 e. The van der Waals surface area contributed by atoms with Crippen LogP contribution in [-0.2, 0) is 9.59 Å². The SMILES string of the molecule is CC(=O)CCC(C)=O.Cc1cc(C)nc(-n2c(C)ccc2C)c1.Cc1ccnc(N)c1. The van der Waals surface area contributed by atoms with Gasteiger partial charge in [0.15, 0.2) is 0 Å². The minimum Gasteiger partial charge on any atom is -0.384 e. The van der Waals surface area contributed by atoms with Crippen molar-refractivity contribution in [1.29, 1.82) is 0 Å². The van der Waals surface area contributed by atoms with E-state index in [1.165, 1.54) is 30.8 Å². The quantitative estimate of drug-likeness (QED) is 0.637. The van der Waals surface area contributed by atoms with Crippen molar-refractivity contribution < 1.29 is 9.59 Å². The van der Waals surface area contributed by atoms with Crippen molar-refractivity contribution in [3.8, 4) is 5.82 Å². The van der Waals surface area contributed by atoms with Crippen LogP contribution in [0.25, 0.3) is 5.82 Å². The molecule has 3 rings (SSSR count). The van der Waals surface area contributed by atoms with Crippen molar-refractivity contribution in [1.82, 2.24) is 14.5 Å². The Labute approximate surface area is 185 Å². The molecule has 0 spiro atoms. The summed E-state index contributed by atoms with van der Waals surface area (Å²) in [5.41, 5.74) is 11.3. The summed E-state index contributed by atoms with van der Waals surface area (Å²) in [5, 5.41) is 0. The fraction of sp³-hybridized carbons (Fsp3) is 0.360. The van der Waals surface area contributed by atoms with Crippen LogP contribution in [0.3, 0.4) is 0 Å². The lowest BCUT2D eigenvalue weighted by Gasteiger charge is -2.10. The molecule has 2 N–H and O–H groups in total. The first kappa shape index (κ1) is 25.8. The molecule has 0 fully saturated rings. The predicted molar refractivity (Wildman–Crippen MR) is 126 cm³/mol. The van der Waals surface area contributed by atoms with E-state index < -0.39 is 0 Å². The summed E-state index contributed by atoms with van der Waals surface area (Å²) in [6, 6.07) is 12.2. The van der Waals surface area contributed by atoms with Gasteiger partial charge in [0.2, 0.25) is 0 Å². The third-order valence-corrected chi connectivity index (χ3v) is 4.35. The van der Waals surface area contributed by atoms with Crippen molar-refractivity contribution in [2.24, 2.45) is 0 Å².